The predicted octanol–water partition coefficient (Wildman–Crippen LogP) is 5.86. The van der Waals surface area contributed by atoms with Crippen molar-refractivity contribution < 1.29 is 19.0 Å². The lowest BCUT2D eigenvalue weighted by Gasteiger charge is -2.21. The topological polar surface area (TPSA) is 89.6 Å². The normalized spacial score (nSPS) is 11.9. The van der Waals surface area contributed by atoms with Gasteiger partial charge in [0.15, 0.2) is 11.5 Å². The zero-order valence-electron chi connectivity index (χ0n) is 22.6. The molecule has 0 spiro atoms. The number of fused-ring (bicyclic) bond motifs is 1. The molecule has 0 fully saturated rings. The van der Waals surface area contributed by atoms with Crippen LogP contribution in [0.15, 0.2) is 53.3 Å². The number of ether oxygens (including phenoxy) is 3. The highest BCUT2D eigenvalue weighted by atomic mass is 16.5. The Kier molecular flexibility index (Phi) is 11.0. The van der Waals surface area contributed by atoms with Crippen LogP contribution in [-0.4, -0.2) is 36.3 Å². The lowest BCUT2D eigenvalue weighted by molar-refractivity contribution is 0.00404. The number of nitrogens with one attached hydrogen (secondary N) is 2. The van der Waals surface area contributed by atoms with E-state index in [1.54, 1.807) is 25.3 Å². The van der Waals surface area contributed by atoms with E-state index in [9.17, 15) is 9.59 Å². The maximum Gasteiger partial charge on any atom is 0.261 e. The monoisotopic (exact) mass is 496 g/mol. The number of carbonyl (C=O) groups excluding carboxylic acids is 1. The van der Waals surface area contributed by atoms with E-state index in [0.717, 1.165) is 18.4 Å². The van der Waals surface area contributed by atoms with Gasteiger partial charge >= 0.3 is 0 Å². The number of benzene rings is 2. The van der Waals surface area contributed by atoms with Crippen LogP contribution in [-0.2, 0) is 11.3 Å². The van der Waals surface area contributed by atoms with Gasteiger partial charge in [-0.1, -0.05) is 57.5 Å². The largest absolute Gasteiger partial charge is 0.493 e. The lowest BCUT2D eigenvalue weighted by atomic mass is 10.1. The van der Waals surface area contributed by atoms with E-state index in [1.165, 1.54) is 0 Å². The van der Waals surface area contributed by atoms with Crippen molar-refractivity contribution in [2.45, 2.75) is 72.6 Å². The molecule has 196 valence electrons. The molecule has 36 heavy (non-hydrogen) atoms. The van der Waals surface area contributed by atoms with Gasteiger partial charge in [0.1, 0.15) is 12.2 Å². The molecule has 0 radical (unpaired) electrons. The van der Waals surface area contributed by atoms with Gasteiger partial charge in [0.05, 0.1) is 25.3 Å². The van der Waals surface area contributed by atoms with Gasteiger partial charge in [-0.05, 0) is 51.0 Å². The summed E-state index contributed by atoms with van der Waals surface area (Å²) in [6, 6.07) is 15.1. The molecule has 0 aliphatic carbocycles. The Morgan fingerprint density at radius 3 is 2.39 bits per heavy atom. The third-order valence-electron chi connectivity index (χ3n) is 5.24. The highest BCUT2D eigenvalue weighted by molar-refractivity contribution is 5.98. The van der Waals surface area contributed by atoms with Crippen molar-refractivity contribution >= 4 is 16.8 Å². The molecule has 3 aromatic rings. The number of pyridine rings is 1. The Bertz CT molecular complexity index is 1170. The highest BCUT2D eigenvalue weighted by Gasteiger charge is 2.21. The molecular weight excluding hydrogens is 456 g/mol. The second kappa shape index (κ2) is 13.7. The molecule has 0 saturated carbocycles. The number of aromatic amines is 1. The molecule has 0 aliphatic rings. The Balaban J connectivity index is 0.00000222. The summed E-state index contributed by atoms with van der Waals surface area (Å²) >= 11 is 0. The molecule has 1 aromatic heterocycles. The Morgan fingerprint density at radius 2 is 1.78 bits per heavy atom. The number of hydrogen-bond donors (Lipinski definition) is 2. The molecular formula is C29H40N2O5. The summed E-state index contributed by atoms with van der Waals surface area (Å²) in [5.41, 5.74) is 0.679. The number of rotatable bonds is 10. The number of H-pyrrole nitrogens is 1. The first-order chi connectivity index (χ1) is 17.2. The molecule has 1 atom stereocenters. The minimum absolute atomic E-state index is 0.0496. The molecule has 1 amide bonds. The van der Waals surface area contributed by atoms with E-state index in [0.29, 0.717) is 35.6 Å². The Labute approximate surface area is 214 Å². The van der Waals surface area contributed by atoms with Crippen molar-refractivity contribution in [2.75, 3.05) is 13.7 Å². The van der Waals surface area contributed by atoms with Gasteiger partial charge in [-0.2, -0.15) is 0 Å². The van der Waals surface area contributed by atoms with Gasteiger partial charge in [0.25, 0.3) is 11.5 Å². The summed E-state index contributed by atoms with van der Waals surface area (Å²) in [7, 11) is 1.55. The standard InChI is InChI=1S/C27H34N2O5.C2H6/c1-6-10-20(33-16-18-11-8-7-9-12-18)17-34-24-22(32-5)14-13-19-15-21(25(30)28-23(19)24)26(31)29-27(2,3)4;1-2/h7-9,11-15,20H,6,10,16-17H2,1-5H3,(H,28,30)(H,29,31);1-2H3. The Hall–Kier alpha value is -3.32. The molecule has 3 rings (SSSR count). The summed E-state index contributed by atoms with van der Waals surface area (Å²) in [5.74, 6) is 0.490. The van der Waals surface area contributed by atoms with E-state index >= 15 is 0 Å². The smallest absolute Gasteiger partial charge is 0.261 e. The first-order valence-electron chi connectivity index (χ1n) is 12.6. The maximum atomic E-state index is 12.8. The predicted molar refractivity (Wildman–Crippen MR) is 145 cm³/mol. The van der Waals surface area contributed by atoms with Crippen molar-refractivity contribution in [1.82, 2.24) is 10.3 Å². The van der Waals surface area contributed by atoms with E-state index in [4.69, 9.17) is 14.2 Å². The van der Waals surface area contributed by atoms with Crippen molar-refractivity contribution in [2.24, 2.45) is 0 Å². The van der Waals surface area contributed by atoms with Gasteiger partial charge in [-0.15, -0.1) is 0 Å². The van der Waals surface area contributed by atoms with Crippen molar-refractivity contribution in [3.63, 3.8) is 0 Å². The third-order valence-corrected chi connectivity index (χ3v) is 5.24. The Morgan fingerprint density at radius 1 is 1.08 bits per heavy atom. The number of hydrogen-bond acceptors (Lipinski definition) is 5. The van der Waals surface area contributed by atoms with Gasteiger partial charge in [0.2, 0.25) is 0 Å². The zero-order chi connectivity index (χ0) is 26.7. The van der Waals surface area contributed by atoms with Crippen LogP contribution in [0.2, 0.25) is 0 Å². The molecule has 2 N–H and O–H groups in total. The van der Waals surface area contributed by atoms with Crippen LogP contribution < -0.4 is 20.3 Å². The van der Waals surface area contributed by atoms with E-state index in [1.807, 2.05) is 65.0 Å². The summed E-state index contributed by atoms with van der Waals surface area (Å²) in [6.45, 7) is 12.5. The van der Waals surface area contributed by atoms with Gasteiger partial charge in [-0.25, -0.2) is 0 Å². The summed E-state index contributed by atoms with van der Waals surface area (Å²) < 4.78 is 17.8. The minimum Gasteiger partial charge on any atom is -0.493 e. The van der Waals surface area contributed by atoms with Crippen LogP contribution in [0.1, 0.15) is 70.3 Å². The van der Waals surface area contributed by atoms with E-state index in [-0.39, 0.29) is 11.7 Å². The van der Waals surface area contributed by atoms with Crippen LogP contribution in [0, 0.1) is 0 Å². The fourth-order valence-electron chi connectivity index (χ4n) is 3.61. The van der Waals surface area contributed by atoms with Crippen molar-refractivity contribution in [1.29, 1.82) is 0 Å². The van der Waals surface area contributed by atoms with Crippen LogP contribution in [0.5, 0.6) is 11.5 Å². The summed E-state index contributed by atoms with van der Waals surface area (Å²) in [5, 5.41) is 3.50. The van der Waals surface area contributed by atoms with Gasteiger partial charge in [-0.3, -0.25) is 9.59 Å². The zero-order valence-corrected chi connectivity index (χ0v) is 22.6. The third kappa shape index (κ3) is 8.12. The summed E-state index contributed by atoms with van der Waals surface area (Å²) in [6.07, 6.45) is 1.64. The fraction of sp³-hybridized carbons (Fsp3) is 0.448. The quantitative estimate of drug-likeness (QED) is 0.367. The molecule has 2 aromatic carbocycles. The molecule has 0 bridgehead atoms. The van der Waals surface area contributed by atoms with Gasteiger partial charge < -0.3 is 24.5 Å². The molecule has 7 heteroatoms. The van der Waals surface area contributed by atoms with E-state index in [2.05, 4.69) is 17.2 Å². The first-order valence-corrected chi connectivity index (χ1v) is 12.6. The first kappa shape index (κ1) is 28.9. The minimum atomic E-state index is -0.488. The SMILES string of the molecule is CC.CCCC(COc1c(OC)ccc2cc(C(=O)NC(C)(C)C)c(=O)[nH]c12)OCc1ccccc1. The second-order valence-corrected chi connectivity index (χ2v) is 9.30. The fourth-order valence-corrected chi connectivity index (χ4v) is 3.61. The van der Waals surface area contributed by atoms with Crippen molar-refractivity contribution in [3.8, 4) is 11.5 Å². The summed E-state index contributed by atoms with van der Waals surface area (Å²) in [4.78, 5) is 28.2. The molecule has 7 nitrogen and oxygen atoms in total. The molecule has 1 unspecified atom stereocenters. The number of carbonyl (C=O) groups is 1. The lowest BCUT2D eigenvalue weighted by Crippen LogP contribution is -2.42. The number of methoxy groups -OCH3 is 1. The number of aromatic nitrogens is 1. The molecule has 0 aliphatic heterocycles. The maximum absolute atomic E-state index is 12.8. The van der Waals surface area contributed by atoms with Crippen LogP contribution >= 0.6 is 0 Å². The average Bonchev–Trinajstić information content (AvgIpc) is 2.86. The number of amides is 1. The van der Waals surface area contributed by atoms with Crippen LogP contribution in [0.4, 0.5) is 0 Å². The van der Waals surface area contributed by atoms with Crippen LogP contribution in [0.25, 0.3) is 10.9 Å². The van der Waals surface area contributed by atoms with Gasteiger partial charge in [0, 0.05) is 10.9 Å². The molecule has 1 heterocycles. The molecule has 0 saturated heterocycles. The highest BCUT2D eigenvalue weighted by Crippen LogP contribution is 2.34. The second-order valence-electron chi connectivity index (χ2n) is 9.30. The average molecular weight is 497 g/mol. The van der Waals surface area contributed by atoms with E-state index < -0.39 is 17.0 Å². The van der Waals surface area contributed by atoms with Crippen molar-refractivity contribution in [3.05, 3.63) is 70.0 Å². The van der Waals surface area contributed by atoms with Crippen LogP contribution in [0.3, 0.4) is 0 Å².